The van der Waals surface area contributed by atoms with Crippen LogP contribution in [0.15, 0.2) is 48.5 Å². The van der Waals surface area contributed by atoms with E-state index in [2.05, 4.69) is 11.4 Å². The first kappa shape index (κ1) is 13.0. The van der Waals surface area contributed by atoms with E-state index in [1.165, 1.54) is 0 Å². The van der Waals surface area contributed by atoms with E-state index in [1.54, 1.807) is 0 Å². The van der Waals surface area contributed by atoms with Gasteiger partial charge in [-0.15, -0.1) is 0 Å². The number of rotatable bonds is 5. The van der Waals surface area contributed by atoms with Gasteiger partial charge in [-0.05, 0) is 42.8 Å². The van der Waals surface area contributed by atoms with Gasteiger partial charge in [0.1, 0.15) is 5.75 Å². The quantitative estimate of drug-likeness (QED) is 0.884. The number of anilines is 1. The Balaban J connectivity index is 2.00. The average Bonchev–Trinajstić information content (AvgIpc) is 2.47. The molecule has 3 heteroatoms. The Morgan fingerprint density at radius 3 is 2.53 bits per heavy atom. The van der Waals surface area contributed by atoms with Gasteiger partial charge < -0.3 is 10.1 Å². The highest BCUT2D eigenvalue weighted by Crippen LogP contribution is 2.17. The van der Waals surface area contributed by atoms with Crippen LogP contribution in [-0.2, 0) is 6.54 Å². The number of nitrogens with one attached hydrogen (secondary N) is 1. The minimum atomic E-state index is 0.637. The van der Waals surface area contributed by atoms with E-state index in [1.807, 2.05) is 55.5 Å². The molecule has 3 nitrogen and oxygen atoms in total. The second kappa shape index (κ2) is 6.46. The summed E-state index contributed by atoms with van der Waals surface area (Å²) in [7, 11) is 0. The zero-order valence-corrected chi connectivity index (χ0v) is 10.9. The smallest absolute Gasteiger partial charge is 0.119 e. The van der Waals surface area contributed by atoms with E-state index < -0.39 is 0 Å². The van der Waals surface area contributed by atoms with Gasteiger partial charge in [-0.2, -0.15) is 5.26 Å². The van der Waals surface area contributed by atoms with Gasteiger partial charge in [-0.25, -0.2) is 0 Å². The highest BCUT2D eigenvalue weighted by atomic mass is 16.5. The van der Waals surface area contributed by atoms with Crippen LogP contribution in [0, 0.1) is 11.3 Å². The first-order chi connectivity index (χ1) is 9.33. The van der Waals surface area contributed by atoms with Gasteiger partial charge in [-0.1, -0.05) is 18.2 Å². The minimum absolute atomic E-state index is 0.637. The van der Waals surface area contributed by atoms with E-state index in [0.717, 1.165) is 17.0 Å². The Labute approximate surface area is 113 Å². The minimum Gasteiger partial charge on any atom is -0.494 e. The molecule has 0 saturated carbocycles. The van der Waals surface area contributed by atoms with E-state index in [9.17, 15) is 0 Å². The fraction of sp³-hybridized carbons (Fsp3) is 0.188. The molecule has 0 atom stereocenters. The van der Waals surface area contributed by atoms with Crippen molar-refractivity contribution in [3.63, 3.8) is 0 Å². The first-order valence-corrected chi connectivity index (χ1v) is 6.28. The lowest BCUT2D eigenvalue weighted by Gasteiger charge is -2.09. The van der Waals surface area contributed by atoms with E-state index in [-0.39, 0.29) is 0 Å². The van der Waals surface area contributed by atoms with Crippen molar-refractivity contribution in [2.24, 2.45) is 0 Å². The summed E-state index contributed by atoms with van der Waals surface area (Å²) >= 11 is 0. The topological polar surface area (TPSA) is 45.0 Å². The van der Waals surface area contributed by atoms with Crippen molar-refractivity contribution in [2.75, 3.05) is 11.9 Å². The van der Waals surface area contributed by atoms with Gasteiger partial charge in [0.2, 0.25) is 0 Å². The normalized spacial score (nSPS) is 9.68. The maximum Gasteiger partial charge on any atom is 0.119 e. The summed E-state index contributed by atoms with van der Waals surface area (Å²) in [6, 6.07) is 17.6. The summed E-state index contributed by atoms with van der Waals surface area (Å²) in [4.78, 5) is 0. The second-order valence-corrected chi connectivity index (χ2v) is 4.08. The van der Waals surface area contributed by atoms with E-state index in [0.29, 0.717) is 18.7 Å². The van der Waals surface area contributed by atoms with E-state index in [4.69, 9.17) is 10.00 Å². The fourth-order valence-electron chi connectivity index (χ4n) is 1.82. The molecule has 96 valence electrons. The van der Waals surface area contributed by atoms with Crippen LogP contribution in [0.1, 0.15) is 18.1 Å². The highest BCUT2D eigenvalue weighted by molar-refractivity contribution is 5.48. The van der Waals surface area contributed by atoms with Gasteiger partial charge >= 0.3 is 0 Å². The Morgan fingerprint density at radius 1 is 1.11 bits per heavy atom. The molecule has 0 fully saturated rings. The standard InChI is InChI=1S/C16H16N2O/c1-2-19-16-9-7-15(8-10-16)18-12-14-6-4-3-5-13(14)11-17/h3-10,18H,2,12H2,1H3. The van der Waals surface area contributed by atoms with Crippen molar-refractivity contribution >= 4 is 5.69 Å². The number of hydrogen-bond donors (Lipinski definition) is 1. The molecule has 0 unspecified atom stereocenters. The number of nitrogens with zero attached hydrogens (tertiary/aromatic N) is 1. The molecule has 2 aromatic rings. The van der Waals surface area contributed by atoms with Crippen molar-refractivity contribution in [3.05, 3.63) is 59.7 Å². The lowest BCUT2D eigenvalue weighted by Crippen LogP contribution is -2.01. The fourth-order valence-corrected chi connectivity index (χ4v) is 1.82. The maximum absolute atomic E-state index is 9.02. The number of ether oxygens (including phenoxy) is 1. The van der Waals surface area contributed by atoms with Gasteiger partial charge in [-0.3, -0.25) is 0 Å². The molecule has 0 aliphatic rings. The number of benzene rings is 2. The Bertz CT molecular complexity index is 570. The maximum atomic E-state index is 9.02. The zero-order chi connectivity index (χ0) is 13.5. The van der Waals surface area contributed by atoms with Crippen LogP contribution >= 0.6 is 0 Å². The molecule has 19 heavy (non-hydrogen) atoms. The van der Waals surface area contributed by atoms with Crippen LogP contribution < -0.4 is 10.1 Å². The largest absolute Gasteiger partial charge is 0.494 e. The number of hydrogen-bond acceptors (Lipinski definition) is 3. The molecule has 0 radical (unpaired) electrons. The summed E-state index contributed by atoms with van der Waals surface area (Å²) in [6.07, 6.45) is 0. The Morgan fingerprint density at radius 2 is 1.84 bits per heavy atom. The van der Waals surface area contributed by atoms with Crippen LogP contribution in [0.3, 0.4) is 0 Å². The third kappa shape index (κ3) is 3.49. The lowest BCUT2D eigenvalue weighted by atomic mass is 10.1. The van der Waals surface area contributed by atoms with Crippen LogP contribution in [0.5, 0.6) is 5.75 Å². The monoisotopic (exact) mass is 252 g/mol. The SMILES string of the molecule is CCOc1ccc(NCc2ccccc2C#N)cc1. The highest BCUT2D eigenvalue weighted by Gasteiger charge is 2.00. The van der Waals surface area contributed by atoms with Crippen molar-refractivity contribution in [1.29, 1.82) is 5.26 Å². The lowest BCUT2D eigenvalue weighted by molar-refractivity contribution is 0.340. The first-order valence-electron chi connectivity index (χ1n) is 6.28. The summed E-state index contributed by atoms with van der Waals surface area (Å²) < 4.78 is 5.39. The zero-order valence-electron chi connectivity index (χ0n) is 10.9. The molecule has 0 aliphatic heterocycles. The van der Waals surface area contributed by atoms with Gasteiger partial charge in [0.05, 0.1) is 18.2 Å². The molecule has 2 rings (SSSR count). The van der Waals surface area contributed by atoms with Gasteiger partial charge in [0.25, 0.3) is 0 Å². The van der Waals surface area contributed by atoms with Crippen LogP contribution in [0.2, 0.25) is 0 Å². The molecule has 2 aromatic carbocycles. The second-order valence-electron chi connectivity index (χ2n) is 4.08. The predicted molar refractivity (Wildman–Crippen MR) is 76.1 cm³/mol. The summed E-state index contributed by atoms with van der Waals surface area (Å²) in [5.41, 5.74) is 2.72. The molecule has 0 aliphatic carbocycles. The average molecular weight is 252 g/mol. The molecule has 0 spiro atoms. The van der Waals surface area contributed by atoms with Crippen LogP contribution in [0.25, 0.3) is 0 Å². The molecular formula is C16H16N2O. The summed E-state index contributed by atoms with van der Waals surface area (Å²) in [5.74, 6) is 0.866. The molecule has 0 amide bonds. The molecule has 0 aromatic heterocycles. The van der Waals surface area contributed by atoms with Crippen molar-refractivity contribution in [1.82, 2.24) is 0 Å². The third-order valence-electron chi connectivity index (χ3n) is 2.79. The van der Waals surface area contributed by atoms with Crippen molar-refractivity contribution < 1.29 is 4.74 Å². The molecule has 0 bridgehead atoms. The molecule has 0 heterocycles. The molecule has 1 N–H and O–H groups in total. The third-order valence-corrected chi connectivity index (χ3v) is 2.79. The van der Waals surface area contributed by atoms with Crippen molar-refractivity contribution in [2.45, 2.75) is 13.5 Å². The molecule has 0 saturated heterocycles. The van der Waals surface area contributed by atoms with Crippen LogP contribution in [-0.4, -0.2) is 6.61 Å². The predicted octanol–water partition coefficient (Wildman–Crippen LogP) is 3.57. The van der Waals surface area contributed by atoms with Gasteiger partial charge in [0, 0.05) is 12.2 Å². The van der Waals surface area contributed by atoms with Crippen LogP contribution in [0.4, 0.5) is 5.69 Å². The van der Waals surface area contributed by atoms with Crippen molar-refractivity contribution in [3.8, 4) is 11.8 Å². The van der Waals surface area contributed by atoms with E-state index >= 15 is 0 Å². The molecular weight excluding hydrogens is 236 g/mol. The number of nitriles is 1. The van der Waals surface area contributed by atoms with Gasteiger partial charge in [0.15, 0.2) is 0 Å². The Kier molecular flexibility index (Phi) is 4.41. The Hall–Kier alpha value is -2.47. The summed E-state index contributed by atoms with van der Waals surface area (Å²) in [5, 5.41) is 12.3. The summed E-state index contributed by atoms with van der Waals surface area (Å²) in [6.45, 7) is 3.27.